The molecule has 2 saturated heterocycles. The van der Waals surface area contributed by atoms with E-state index in [1.165, 1.54) is 32.4 Å². The number of amides is 4. The second-order valence-corrected chi connectivity index (χ2v) is 11.1. The van der Waals surface area contributed by atoms with Gasteiger partial charge >= 0.3 is 5.97 Å². The lowest BCUT2D eigenvalue weighted by atomic mass is 9.56. The predicted molar refractivity (Wildman–Crippen MR) is 129 cm³/mol. The minimum atomic E-state index is -1.96. The number of carboxylic acid groups (broad SMARTS) is 1. The molecule has 2 aliphatic heterocycles. The van der Waals surface area contributed by atoms with Crippen LogP contribution in [0.4, 0.5) is 0 Å². The number of phenolic OH excluding ortho intramolecular Hbond substituents is 1. The fraction of sp³-hybridized carbons (Fsp3) is 0.480. The highest BCUT2D eigenvalue weighted by atomic mass is 35.5. The quantitative estimate of drug-likeness (QED) is 0.321. The van der Waals surface area contributed by atoms with Gasteiger partial charge in [0, 0.05) is 31.1 Å². The van der Waals surface area contributed by atoms with Gasteiger partial charge in [-0.15, -0.1) is 23.2 Å². The van der Waals surface area contributed by atoms with Crippen LogP contribution in [0.3, 0.4) is 0 Å². The Morgan fingerprint density at radius 1 is 1.14 bits per heavy atom. The Hall–Kier alpha value is -3.11. The first kappa shape index (κ1) is 25.5. The van der Waals surface area contributed by atoms with E-state index < -0.39 is 69.4 Å². The summed E-state index contributed by atoms with van der Waals surface area (Å²) in [4.78, 5) is 62.6. The molecule has 1 aromatic rings. The van der Waals surface area contributed by atoms with Crippen LogP contribution >= 0.6 is 23.2 Å². The number of hydrogen-bond acceptors (Lipinski definition) is 7. The van der Waals surface area contributed by atoms with Crippen molar-refractivity contribution in [1.29, 1.82) is 0 Å². The van der Waals surface area contributed by atoms with Crippen molar-refractivity contribution >= 4 is 52.8 Å². The first-order valence-electron chi connectivity index (χ1n) is 11.7. The number of fused-ring (bicyclic) bond motifs is 4. The van der Waals surface area contributed by atoms with E-state index in [4.69, 9.17) is 33.0 Å². The van der Waals surface area contributed by atoms with E-state index in [1.54, 1.807) is 6.08 Å². The molecule has 5 rings (SSSR count). The number of hydrogen-bond donors (Lipinski definition) is 2. The number of aromatic hydroxyl groups is 1. The minimum absolute atomic E-state index is 0.0945. The van der Waals surface area contributed by atoms with Gasteiger partial charge in [-0.25, -0.2) is 0 Å². The zero-order chi connectivity index (χ0) is 27.0. The number of phenols is 1. The van der Waals surface area contributed by atoms with Gasteiger partial charge in [0.05, 0.1) is 25.4 Å². The summed E-state index contributed by atoms with van der Waals surface area (Å²) in [6, 6.07) is 4.28. The van der Waals surface area contributed by atoms with Crippen molar-refractivity contribution in [2.45, 2.75) is 34.9 Å². The third-order valence-electron chi connectivity index (χ3n) is 8.18. The number of imide groups is 2. The van der Waals surface area contributed by atoms with Gasteiger partial charge in [-0.2, -0.15) is 0 Å². The van der Waals surface area contributed by atoms with Gasteiger partial charge < -0.3 is 14.9 Å². The molecule has 0 aromatic heterocycles. The lowest BCUT2D eigenvalue weighted by molar-refractivity contribution is -0.143. The molecule has 0 bridgehead atoms. The number of allylic oxidation sites excluding steroid dienone is 2. The molecule has 0 unspecified atom stereocenters. The maximum Gasteiger partial charge on any atom is 0.305 e. The summed E-state index contributed by atoms with van der Waals surface area (Å²) in [7, 11) is 2.67. The second-order valence-electron chi connectivity index (χ2n) is 9.90. The summed E-state index contributed by atoms with van der Waals surface area (Å²) in [5.41, 5.74) is 0.972. The fourth-order valence-corrected chi connectivity index (χ4v) is 7.53. The van der Waals surface area contributed by atoms with Crippen LogP contribution in [-0.2, 0) is 24.0 Å². The molecule has 10 nitrogen and oxygen atoms in total. The van der Waals surface area contributed by atoms with E-state index in [0.29, 0.717) is 11.1 Å². The van der Waals surface area contributed by atoms with Gasteiger partial charge in [-0.1, -0.05) is 17.7 Å². The fourth-order valence-electron chi connectivity index (χ4n) is 6.52. The van der Waals surface area contributed by atoms with Crippen molar-refractivity contribution < 1.29 is 38.9 Å². The van der Waals surface area contributed by atoms with E-state index in [-0.39, 0.29) is 30.9 Å². The average Bonchev–Trinajstić information content (AvgIpc) is 3.17. The average molecular weight is 551 g/mol. The van der Waals surface area contributed by atoms with Crippen LogP contribution < -0.4 is 4.74 Å². The summed E-state index contributed by atoms with van der Waals surface area (Å²) >= 11 is 14.1. The second kappa shape index (κ2) is 8.46. The molecule has 0 spiro atoms. The zero-order valence-corrected chi connectivity index (χ0v) is 21.5. The van der Waals surface area contributed by atoms with E-state index in [1.807, 2.05) is 0 Å². The summed E-state index contributed by atoms with van der Waals surface area (Å²) in [6.07, 6.45) is 1.38. The smallest absolute Gasteiger partial charge is 0.305 e. The predicted octanol–water partition coefficient (Wildman–Crippen LogP) is 1.86. The first-order valence-corrected chi connectivity index (χ1v) is 12.5. The van der Waals surface area contributed by atoms with Crippen molar-refractivity contribution in [1.82, 2.24) is 9.80 Å². The molecule has 0 radical (unpaired) electrons. The number of methoxy groups -OCH3 is 1. The number of ether oxygens (including phenoxy) is 1. The van der Waals surface area contributed by atoms with Gasteiger partial charge in [0.2, 0.25) is 11.8 Å². The zero-order valence-electron chi connectivity index (χ0n) is 19.9. The van der Waals surface area contributed by atoms with Crippen molar-refractivity contribution in [2.24, 2.45) is 17.8 Å². The number of rotatable bonds is 5. The molecule has 2 N–H and O–H groups in total. The molecule has 12 heteroatoms. The molecule has 1 aromatic carbocycles. The Balaban J connectivity index is 1.68. The van der Waals surface area contributed by atoms with Crippen LogP contribution in [0.5, 0.6) is 11.5 Å². The summed E-state index contributed by atoms with van der Waals surface area (Å²) in [5.74, 6) is -6.81. The molecule has 3 fully saturated rings. The third-order valence-corrected chi connectivity index (χ3v) is 9.60. The van der Waals surface area contributed by atoms with Crippen molar-refractivity contribution in [2.75, 3.05) is 20.7 Å². The van der Waals surface area contributed by atoms with Crippen LogP contribution in [0.25, 0.3) is 0 Å². The van der Waals surface area contributed by atoms with E-state index >= 15 is 0 Å². The highest BCUT2D eigenvalue weighted by Crippen LogP contribution is 2.66. The van der Waals surface area contributed by atoms with Gasteiger partial charge in [0.25, 0.3) is 11.8 Å². The highest BCUT2D eigenvalue weighted by Gasteiger charge is 2.76. The minimum Gasteiger partial charge on any atom is -0.508 e. The van der Waals surface area contributed by atoms with Crippen LogP contribution in [0.1, 0.15) is 30.7 Å². The number of alkyl halides is 2. The number of carbonyl (C=O) groups is 5. The van der Waals surface area contributed by atoms with Gasteiger partial charge in [0.1, 0.15) is 11.5 Å². The number of halogens is 2. The Kier molecular flexibility index (Phi) is 5.84. The summed E-state index contributed by atoms with van der Waals surface area (Å²) in [6.45, 7) is -0.261. The number of nitrogens with zero attached hydrogens (tertiary/aromatic N) is 2. The molecule has 4 amide bonds. The molecule has 6 atom stereocenters. The normalized spacial score (nSPS) is 34.8. The number of carboxylic acids is 1. The van der Waals surface area contributed by atoms with Gasteiger partial charge in [-0.3, -0.25) is 33.8 Å². The van der Waals surface area contributed by atoms with Crippen molar-refractivity contribution in [3.8, 4) is 11.5 Å². The number of likely N-dealkylation sites (tertiary alicyclic amines) is 2. The molecule has 2 aliphatic carbocycles. The Bertz CT molecular complexity index is 1300. The number of aliphatic carboxylic acids is 1. The lowest BCUT2D eigenvalue weighted by Gasteiger charge is -2.51. The Morgan fingerprint density at radius 3 is 2.49 bits per heavy atom. The standard InChI is InChI=1S/C25H24Cl2N2O8/c1-28-22(35)24(26)10-15-12(5-6-14-18(15)21(34)29(20(14)33)8-7-17(31)32)19(25(24,27)23(28)36)13-4-3-11(30)9-16(13)37-2/h3-5,9,14-15,18-19,30H,6-8,10H2,1-2H3,(H,31,32)/t14-,15+,18-,19+,24+,25-/m0/s1. The maximum atomic E-state index is 13.5. The molecular weight excluding hydrogens is 527 g/mol. The van der Waals surface area contributed by atoms with Crippen LogP contribution in [0.15, 0.2) is 29.8 Å². The first-order chi connectivity index (χ1) is 17.4. The molecule has 196 valence electrons. The number of carbonyl (C=O) groups excluding carboxylic acids is 4. The Morgan fingerprint density at radius 2 is 1.84 bits per heavy atom. The third kappa shape index (κ3) is 3.28. The van der Waals surface area contributed by atoms with Crippen LogP contribution in [-0.4, -0.2) is 80.1 Å². The van der Waals surface area contributed by atoms with E-state index in [9.17, 15) is 29.1 Å². The molecule has 1 saturated carbocycles. The monoisotopic (exact) mass is 550 g/mol. The van der Waals surface area contributed by atoms with E-state index in [2.05, 4.69) is 0 Å². The van der Waals surface area contributed by atoms with Gasteiger partial charge in [0.15, 0.2) is 9.75 Å². The van der Waals surface area contributed by atoms with Gasteiger partial charge in [-0.05, 0) is 24.8 Å². The van der Waals surface area contributed by atoms with Crippen LogP contribution in [0, 0.1) is 17.8 Å². The summed E-state index contributed by atoms with van der Waals surface area (Å²) < 4.78 is 5.49. The van der Waals surface area contributed by atoms with E-state index in [0.717, 1.165) is 9.80 Å². The molecule has 37 heavy (non-hydrogen) atoms. The number of benzene rings is 1. The van der Waals surface area contributed by atoms with Crippen molar-refractivity contribution in [3.05, 3.63) is 35.4 Å². The molecular formula is C25H24Cl2N2O8. The SMILES string of the molecule is COc1cc(O)ccc1[C@H]1C2=CC[C@@H]3C(=O)N(CCC(=O)O)C(=O)[C@@H]3[C@@H]2C[C@@]2(Cl)C(=O)N(C)C(=O)[C@@]12Cl. The Labute approximate surface area is 221 Å². The largest absolute Gasteiger partial charge is 0.508 e. The highest BCUT2D eigenvalue weighted by molar-refractivity contribution is 6.53. The lowest BCUT2D eigenvalue weighted by Crippen LogP contribution is -2.60. The molecule has 4 aliphatic rings. The molecule has 2 heterocycles. The van der Waals surface area contributed by atoms with Crippen LogP contribution in [0.2, 0.25) is 0 Å². The topological polar surface area (TPSA) is 142 Å². The summed E-state index contributed by atoms with van der Waals surface area (Å²) in [5, 5.41) is 19.1. The van der Waals surface area contributed by atoms with Crippen molar-refractivity contribution in [3.63, 3.8) is 0 Å². The maximum absolute atomic E-state index is 13.5.